The van der Waals surface area contributed by atoms with E-state index >= 15 is 0 Å². The zero-order valence-electron chi connectivity index (χ0n) is 8.76. The van der Waals surface area contributed by atoms with Crippen LogP contribution in [0.4, 0.5) is 0 Å². The van der Waals surface area contributed by atoms with E-state index in [0.29, 0.717) is 12.8 Å². The maximum absolute atomic E-state index is 10.2. The zero-order chi connectivity index (χ0) is 12.0. The van der Waals surface area contributed by atoms with Gasteiger partial charge in [-0.2, -0.15) is 0 Å². The fraction of sp³-hybridized carbons (Fsp3) is 0.250. The number of phenolic OH excluding ortho intramolecular Hbond substituents is 2. The molecule has 16 heavy (non-hydrogen) atoms. The predicted octanol–water partition coefficient (Wildman–Crippen LogP) is 2.06. The smallest absolute Gasteiger partial charge is 0.327 e. The molecule has 3 N–H and O–H groups in total. The van der Waals surface area contributed by atoms with E-state index in [-0.39, 0.29) is 11.5 Å². The van der Waals surface area contributed by atoms with E-state index in [2.05, 4.69) is 0 Å². The zero-order valence-corrected chi connectivity index (χ0v) is 8.76. The van der Waals surface area contributed by atoms with Crippen molar-refractivity contribution in [3.05, 3.63) is 35.9 Å². The quantitative estimate of drug-likeness (QED) is 0.526. The summed E-state index contributed by atoms with van der Waals surface area (Å²) in [5.74, 6) is -0.846. The monoisotopic (exact) mass is 222 g/mol. The number of hydrogen-bond donors (Lipinski definition) is 3. The highest BCUT2D eigenvalue weighted by Crippen LogP contribution is 2.23. The lowest BCUT2D eigenvalue weighted by atomic mass is 10.1. The van der Waals surface area contributed by atoms with Crippen molar-refractivity contribution in [2.45, 2.75) is 19.3 Å². The number of carboxylic acid groups (broad SMARTS) is 1. The van der Waals surface area contributed by atoms with Gasteiger partial charge in [0.05, 0.1) is 0 Å². The van der Waals surface area contributed by atoms with Crippen LogP contribution in [0.5, 0.6) is 11.5 Å². The first-order chi connectivity index (χ1) is 7.59. The van der Waals surface area contributed by atoms with Crippen molar-refractivity contribution in [1.29, 1.82) is 0 Å². The molecule has 0 spiro atoms. The third kappa shape index (κ3) is 4.04. The molecule has 0 amide bonds. The van der Waals surface area contributed by atoms with Crippen molar-refractivity contribution in [1.82, 2.24) is 0 Å². The van der Waals surface area contributed by atoms with Gasteiger partial charge in [-0.25, -0.2) is 4.79 Å². The van der Waals surface area contributed by atoms with Gasteiger partial charge < -0.3 is 15.3 Å². The highest BCUT2D eigenvalue weighted by Gasteiger charge is 2.01. The molecule has 0 aromatic heterocycles. The second-order valence-corrected chi connectivity index (χ2v) is 3.45. The highest BCUT2D eigenvalue weighted by molar-refractivity contribution is 5.79. The maximum atomic E-state index is 10.2. The average Bonchev–Trinajstić information content (AvgIpc) is 2.20. The number of phenols is 2. The van der Waals surface area contributed by atoms with E-state index in [0.717, 1.165) is 18.1 Å². The lowest BCUT2D eigenvalue weighted by Crippen LogP contribution is -1.88. The van der Waals surface area contributed by atoms with E-state index in [4.69, 9.17) is 10.2 Å². The molecule has 0 unspecified atom stereocenters. The molecular formula is C12H14O4. The molecular weight excluding hydrogens is 208 g/mol. The van der Waals surface area contributed by atoms with E-state index in [1.54, 1.807) is 12.1 Å². The van der Waals surface area contributed by atoms with Crippen LogP contribution in [0, 0.1) is 0 Å². The third-order valence-corrected chi connectivity index (χ3v) is 2.15. The lowest BCUT2D eigenvalue weighted by Gasteiger charge is -2.03. The van der Waals surface area contributed by atoms with Crippen LogP contribution in [0.1, 0.15) is 18.4 Å². The van der Waals surface area contributed by atoms with Gasteiger partial charge >= 0.3 is 5.97 Å². The van der Waals surface area contributed by atoms with Gasteiger partial charge in [0.1, 0.15) is 11.5 Å². The van der Waals surface area contributed by atoms with E-state index in [1.807, 2.05) is 0 Å². The second-order valence-electron chi connectivity index (χ2n) is 3.45. The molecule has 1 rings (SSSR count). The van der Waals surface area contributed by atoms with Gasteiger partial charge in [0.25, 0.3) is 0 Å². The van der Waals surface area contributed by atoms with Crippen LogP contribution in [0.2, 0.25) is 0 Å². The number of aryl methyl sites for hydroxylation is 1. The van der Waals surface area contributed by atoms with Gasteiger partial charge in [-0.3, -0.25) is 0 Å². The summed E-state index contributed by atoms with van der Waals surface area (Å²) in [6.07, 6.45) is 4.74. The van der Waals surface area contributed by atoms with Crippen LogP contribution >= 0.6 is 0 Å². The molecule has 0 aliphatic heterocycles. The Hall–Kier alpha value is -1.97. The van der Waals surface area contributed by atoms with Gasteiger partial charge in [0.2, 0.25) is 0 Å². The summed E-state index contributed by atoms with van der Waals surface area (Å²) < 4.78 is 0. The van der Waals surface area contributed by atoms with E-state index in [9.17, 15) is 9.90 Å². The Morgan fingerprint density at radius 1 is 1.31 bits per heavy atom. The molecule has 0 fully saturated rings. The normalized spacial score (nSPS) is 10.8. The van der Waals surface area contributed by atoms with Crippen molar-refractivity contribution < 1.29 is 20.1 Å². The lowest BCUT2D eigenvalue weighted by molar-refractivity contribution is -0.131. The highest BCUT2D eigenvalue weighted by atomic mass is 16.4. The topological polar surface area (TPSA) is 77.8 Å². The third-order valence-electron chi connectivity index (χ3n) is 2.15. The number of aliphatic carboxylic acids is 1. The second kappa shape index (κ2) is 5.80. The molecule has 1 aromatic rings. The predicted molar refractivity (Wildman–Crippen MR) is 59.5 cm³/mol. The largest absolute Gasteiger partial charge is 0.508 e. The maximum Gasteiger partial charge on any atom is 0.327 e. The van der Waals surface area contributed by atoms with Crippen LogP contribution in [0.15, 0.2) is 30.4 Å². The van der Waals surface area contributed by atoms with Crippen molar-refractivity contribution in [2.24, 2.45) is 0 Å². The Balaban J connectivity index is 2.40. The minimum atomic E-state index is -0.951. The Bertz CT molecular complexity index is 396. The molecule has 0 heterocycles. The van der Waals surface area contributed by atoms with Crippen LogP contribution in [0.25, 0.3) is 0 Å². The summed E-state index contributed by atoms with van der Waals surface area (Å²) in [6, 6.07) is 4.47. The standard InChI is InChI=1S/C12H14O4/c13-10-7-6-9(11(14)8-10)4-2-1-3-5-12(15)16/h3,5-8,13-14H,1-2,4H2,(H,15,16). The minimum Gasteiger partial charge on any atom is -0.508 e. The number of benzene rings is 1. The molecule has 4 nitrogen and oxygen atoms in total. The fourth-order valence-corrected chi connectivity index (χ4v) is 1.36. The number of allylic oxidation sites excluding steroid dienone is 1. The van der Waals surface area contributed by atoms with Crippen LogP contribution in [0.3, 0.4) is 0 Å². The summed E-state index contributed by atoms with van der Waals surface area (Å²) in [6.45, 7) is 0. The van der Waals surface area contributed by atoms with E-state index in [1.165, 1.54) is 12.1 Å². The van der Waals surface area contributed by atoms with Gasteiger partial charge in [-0.1, -0.05) is 12.1 Å². The number of unbranched alkanes of at least 4 members (excludes halogenated alkanes) is 1. The molecule has 0 radical (unpaired) electrons. The average molecular weight is 222 g/mol. The number of carbonyl (C=O) groups is 1. The van der Waals surface area contributed by atoms with Crippen LogP contribution < -0.4 is 0 Å². The number of carboxylic acids is 1. The molecule has 0 saturated heterocycles. The molecule has 0 bridgehead atoms. The molecule has 86 valence electrons. The van der Waals surface area contributed by atoms with Gasteiger partial charge in [-0.15, -0.1) is 0 Å². The van der Waals surface area contributed by atoms with Crippen molar-refractivity contribution in [3.8, 4) is 11.5 Å². The summed E-state index contributed by atoms with van der Waals surface area (Å²) in [7, 11) is 0. The molecule has 1 aromatic carbocycles. The van der Waals surface area contributed by atoms with Gasteiger partial charge in [0, 0.05) is 12.1 Å². The summed E-state index contributed by atoms with van der Waals surface area (Å²) in [5.41, 5.74) is 0.751. The SMILES string of the molecule is O=C(O)C=CCCCc1ccc(O)cc1O. The molecule has 0 aliphatic rings. The first-order valence-corrected chi connectivity index (χ1v) is 5.00. The summed E-state index contributed by atoms with van der Waals surface area (Å²) in [5, 5.41) is 26.9. The first kappa shape index (κ1) is 12.1. The Labute approximate surface area is 93.5 Å². The Morgan fingerprint density at radius 2 is 2.06 bits per heavy atom. The van der Waals surface area contributed by atoms with Gasteiger partial charge in [0.15, 0.2) is 0 Å². The van der Waals surface area contributed by atoms with Crippen molar-refractivity contribution >= 4 is 5.97 Å². The Morgan fingerprint density at radius 3 is 2.69 bits per heavy atom. The minimum absolute atomic E-state index is 0.0343. The summed E-state index contributed by atoms with van der Waals surface area (Å²) in [4.78, 5) is 10.2. The van der Waals surface area contributed by atoms with Gasteiger partial charge in [-0.05, 0) is 30.9 Å². The molecule has 4 heteroatoms. The van der Waals surface area contributed by atoms with Crippen LogP contribution in [-0.2, 0) is 11.2 Å². The number of rotatable bonds is 5. The number of aromatic hydroxyl groups is 2. The molecule has 0 aliphatic carbocycles. The molecule has 0 saturated carbocycles. The summed E-state index contributed by atoms with van der Waals surface area (Å²) >= 11 is 0. The number of hydrogen-bond acceptors (Lipinski definition) is 3. The Kier molecular flexibility index (Phi) is 4.39. The van der Waals surface area contributed by atoms with Crippen molar-refractivity contribution in [2.75, 3.05) is 0 Å². The molecule has 0 atom stereocenters. The van der Waals surface area contributed by atoms with E-state index < -0.39 is 5.97 Å². The van der Waals surface area contributed by atoms with Crippen molar-refractivity contribution in [3.63, 3.8) is 0 Å². The first-order valence-electron chi connectivity index (χ1n) is 5.00. The fourth-order valence-electron chi connectivity index (χ4n) is 1.36. The van der Waals surface area contributed by atoms with Crippen LogP contribution in [-0.4, -0.2) is 21.3 Å².